The van der Waals surface area contributed by atoms with Crippen LogP contribution in [0.4, 0.5) is 0 Å². The Morgan fingerprint density at radius 3 is 2.17 bits per heavy atom. The summed E-state index contributed by atoms with van der Waals surface area (Å²) in [6, 6.07) is -0.156. The Kier molecular flexibility index (Phi) is 6.13. The molecule has 106 valence electrons. The Morgan fingerprint density at radius 1 is 1.11 bits per heavy atom. The fourth-order valence-electron chi connectivity index (χ4n) is 2.82. The van der Waals surface area contributed by atoms with Gasteiger partial charge in [0.25, 0.3) is 0 Å². The molecule has 0 aromatic rings. The molecule has 1 saturated carbocycles. The summed E-state index contributed by atoms with van der Waals surface area (Å²) in [6.45, 7) is 8.35. The number of amides is 1. The largest absolute Gasteiger partial charge is 0.352 e. The maximum absolute atomic E-state index is 11.9. The quantitative estimate of drug-likeness (QED) is 0.792. The van der Waals surface area contributed by atoms with Gasteiger partial charge in [-0.15, -0.1) is 0 Å². The van der Waals surface area contributed by atoms with Gasteiger partial charge in [0.1, 0.15) is 0 Å². The second kappa shape index (κ2) is 7.13. The molecule has 2 unspecified atom stereocenters. The Morgan fingerprint density at radius 2 is 1.67 bits per heavy atom. The zero-order valence-electron chi connectivity index (χ0n) is 12.4. The van der Waals surface area contributed by atoms with Crippen LogP contribution in [0, 0.1) is 17.8 Å². The first-order chi connectivity index (χ1) is 8.43. The zero-order valence-corrected chi connectivity index (χ0v) is 12.4. The van der Waals surface area contributed by atoms with Crippen molar-refractivity contribution in [3.05, 3.63) is 0 Å². The van der Waals surface area contributed by atoms with Gasteiger partial charge in [-0.25, -0.2) is 0 Å². The maximum atomic E-state index is 11.9. The van der Waals surface area contributed by atoms with Gasteiger partial charge < -0.3 is 11.1 Å². The van der Waals surface area contributed by atoms with Crippen molar-refractivity contribution >= 4 is 5.91 Å². The lowest BCUT2D eigenvalue weighted by Crippen LogP contribution is -2.49. The number of hydrogen-bond acceptors (Lipinski definition) is 2. The van der Waals surface area contributed by atoms with E-state index in [4.69, 9.17) is 5.73 Å². The van der Waals surface area contributed by atoms with E-state index in [1.807, 2.05) is 13.8 Å². The molecule has 1 aliphatic rings. The van der Waals surface area contributed by atoms with Gasteiger partial charge in [0.2, 0.25) is 5.91 Å². The van der Waals surface area contributed by atoms with E-state index in [1.54, 1.807) is 0 Å². The van der Waals surface area contributed by atoms with Gasteiger partial charge in [-0.3, -0.25) is 4.79 Å². The van der Waals surface area contributed by atoms with Crippen LogP contribution in [0.1, 0.15) is 59.8 Å². The van der Waals surface area contributed by atoms with Crippen molar-refractivity contribution in [1.82, 2.24) is 5.32 Å². The van der Waals surface area contributed by atoms with Gasteiger partial charge in [-0.1, -0.05) is 52.9 Å². The Balaban J connectivity index is 2.43. The normalized spacial score (nSPS) is 22.6. The Bertz CT molecular complexity index is 259. The van der Waals surface area contributed by atoms with E-state index in [0.717, 1.165) is 5.92 Å². The minimum atomic E-state index is -0.383. The molecule has 3 N–H and O–H groups in total. The zero-order chi connectivity index (χ0) is 13.7. The highest BCUT2D eigenvalue weighted by molar-refractivity contribution is 5.81. The predicted molar refractivity (Wildman–Crippen MR) is 76.2 cm³/mol. The lowest BCUT2D eigenvalue weighted by molar-refractivity contribution is -0.124. The van der Waals surface area contributed by atoms with Crippen molar-refractivity contribution in [1.29, 1.82) is 0 Å². The highest BCUT2D eigenvalue weighted by Gasteiger charge is 2.27. The molecule has 0 aliphatic heterocycles. The minimum absolute atomic E-state index is 0.000148. The second-order valence-electron chi connectivity index (χ2n) is 6.32. The third kappa shape index (κ3) is 4.27. The molecular formula is C15H30N2O. The van der Waals surface area contributed by atoms with E-state index >= 15 is 0 Å². The smallest absolute Gasteiger partial charge is 0.237 e. The van der Waals surface area contributed by atoms with Crippen molar-refractivity contribution in [2.24, 2.45) is 23.5 Å². The van der Waals surface area contributed by atoms with Crippen molar-refractivity contribution in [2.45, 2.75) is 71.9 Å². The fraction of sp³-hybridized carbons (Fsp3) is 0.933. The van der Waals surface area contributed by atoms with Gasteiger partial charge >= 0.3 is 0 Å². The summed E-state index contributed by atoms with van der Waals surface area (Å²) < 4.78 is 0. The van der Waals surface area contributed by atoms with Gasteiger partial charge in [0.15, 0.2) is 0 Å². The van der Waals surface area contributed by atoms with Gasteiger partial charge in [-0.05, 0) is 24.7 Å². The van der Waals surface area contributed by atoms with Crippen LogP contribution >= 0.6 is 0 Å². The van der Waals surface area contributed by atoms with Gasteiger partial charge in [0.05, 0.1) is 6.04 Å². The standard InChI is InChI=1S/C15H30N2O/c1-10(2)14(16)15(18)17-12(4)11(3)13-8-6-5-7-9-13/h10-14H,5-9,16H2,1-4H3,(H,17,18)/t11?,12?,14-/m0/s1. The number of hydrogen-bond donors (Lipinski definition) is 2. The van der Waals surface area contributed by atoms with Crippen LogP contribution in [-0.4, -0.2) is 18.0 Å². The molecule has 0 radical (unpaired) electrons. The molecule has 3 nitrogen and oxygen atoms in total. The molecule has 0 bridgehead atoms. The topological polar surface area (TPSA) is 55.1 Å². The van der Waals surface area contributed by atoms with Crippen LogP contribution in [0.25, 0.3) is 0 Å². The summed E-state index contributed by atoms with van der Waals surface area (Å²) in [5.41, 5.74) is 5.87. The fourth-order valence-corrected chi connectivity index (χ4v) is 2.82. The van der Waals surface area contributed by atoms with E-state index in [-0.39, 0.29) is 23.9 Å². The van der Waals surface area contributed by atoms with Crippen LogP contribution in [0.5, 0.6) is 0 Å². The number of nitrogens with one attached hydrogen (secondary N) is 1. The van der Waals surface area contributed by atoms with Crippen molar-refractivity contribution < 1.29 is 4.79 Å². The number of nitrogens with two attached hydrogens (primary N) is 1. The first-order valence-corrected chi connectivity index (χ1v) is 7.49. The molecule has 1 fully saturated rings. The average Bonchev–Trinajstić information content (AvgIpc) is 2.37. The molecule has 3 heteroatoms. The monoisotopic (exact) mass is 254 g/mol. The lowest BCUT2D eigenvalue weighted by atomic mass is 9.78. The van der Waals surface area contributed by atoms with E-state index < -0.39 is 0 Å². The number of rotatable bonds is 5. The summed E-state index contributed by atoms with van der Waals surface area (Å²) >= 11 is 0. The molecule has 3 atom stereocenters. The predicted octanol–water partition coefficient (Wildman–Crippen LogP) is 2.69. The van der Waals surface area contributed by atoms with E-state index in [2.05, 4.69) is 19.2 Å². The van der Waals surface area contributed by atoms with Crippen LogP contribution in [-0.2, 0) is 4.79 Å². The van der Waals surface area contributed by atoms with Crippen molar-refractivity contribution in [3.63, 3.8) is 0 Å². The molecule has 1 amide bonds. The summed E-state index contributed by atoms with van der Waals surface area (Å²) in [6.07, 6.45) is 6.71. The summed E-state index contributed by atoms with van der Waals surface area (Å²) in [5.74, 6) is 1.51. The lowest BCUT2D eigenvalue weighted by Gasteiger charge is -2.32. The highest BCUT2D eigenvalue weighted by atomic mass is 16.2. The van der Waals surface area contributed by atoms with Gasteiger partial charge in [0, 0.05) is 6.04 Å². The maximum Gasteiger partial charge on any atom is 0.237 e. The van der Waals surface area contributed by atoms with E-state index in [9.17, 15) is 4.79 Å². The van der Waals surface area contributed by atoms with Gasteiger partial charge in [-0.2, -0.15) is 0 Å². The minimum Gasteiger partial charge on any atom is -0.352 e. The highest BCUT2D eigenvalue weighted by Crippen LogP contribution is 2.31. The Labute approximate surface area is 112 Å². The first kappa shape index (κ1) is 15.5. The average molecular weight is 254 g/mol. The number of carbonyl (C=O) groups is 1. The third-order valence-electron chi connectivity index (χ3n) is 4.57. The van der Waals surface area contributed by atoms with Crippen molar-refractivity contribution in [3.8, 4) is 0 Å². The SMILES string of the molecule is CC(NC(=O)[C@@H](N)C(C)C)C(C)C1CCCCC1. The van der Waals surface area contributed by atoms with E-state index in [0.29, 0.717) is 5.92 Å². The molecule has 0 aromatic heterocycles. The molecule has 0 heterocycles. The summed E-state index contributed by atoms with van der Waals surface area (Å²) in [7, 11) is 0. The number of carbonyl (C=O) groups excluding carboxylic acids is 1. The molecule has 0 saturated heterocycles. The van der Waals surface area contributed by atoms with Crippen molar-refractivity contribution in [2.75, 3.05) is 0 Å². The second-order valence-corrected chi connectivity index (χ2v) is 6.32. The van der Waals surface area contributed by atoms with Crippen LogP contribution < -0.4 is 11.1 Å². The van der Waals surface area contributed by atoms with Crippen LogP contribution in [0.3, 0.4) is 0 Å². The first-order valence-electron chi connectivity index (χ1n) is 7.49. The van der Waals surface area contributed by atoms with E-state index in [1.165, 1.54) is 32.1 Å². The molecule has 1 rings (SSSR count). The van der Waals surface area contributed by atoms with Crippen LogP contribution in [0.15, 0.2) is 0 Å². The van der Waals surface area contributed by atoms with Crippen LogP contribution in [0.2, 0.25) is 0 Å². The third-order valence-corrected chi connectivity index (χ3v) is 4.57. The Hall–Kier alpha value is -0.570. The molecule has 1 aliphatic carbocycles. The molecule has 0 aromatic carbocycles. The summed E-state index contributed by atoms with van der Waals surface area (Å²) in [5, 5.41) is 3.09. The molecule has 0 spiro atoms. The summed E-state index contributed by atoms with van der Waals surface area (Å²) in [4.78, 5) is 11.9. The molecule has 18 heavy (non-hydrogen) atoms. The molecular weight excluding hydrogens is 224 g/mol.